The van der Waals surface area contributed by atoms with E-state index in [9.17, 15) is 8.78 Å². The Morgan fingerprint density at radius 1 is 1.19 bits per heavy atom. The molecule has 0 saturated heterocycles. The van der Waals surface area contributed by atoms with Gasteiger partial charge in [0.05, 0.1) is 12.3 Å². The van der Waals surface area contributed by atoms with E-state index >= 15 is 0 Å². The van der Waals surface area contributed by atoms with E-state index in [1.165, 1.54) is 18.4 Å². The van der Waals surface area contributed by atoms with E-state index in [2.05, 4.69) is 0 Å². The minimum atomic E-state index is -0.596. The number of benzene rings is 1. The molecule has 0 radical (unpaired) electrons. The number of hydrogen-bond acceptors (Lipinski definition) is 2. The Morgan fingerprint density at radius 3 is 2.44 bits per heavy atom. The predicted octanol–water partition coefficient (Wildman–Crippen LogP) is 2.80. The van der Waals surface area contributed by atoms with Crippen molar-refractivity contribution in [3.63, 3.8) is 0 Å². The van der Waals surface area contributed by atoms with Gasteiger partial charge in [-0.05, 0) is 36.2 Å². The summed E-state index contributed by atoms with van der Waals surface area (Å²) in [5.74, 6) is -0.590. The van der Waals surface area contributed by atoms with Crippen LogP contribution < -0.4 is 5.73 Å². The van der Waals surface area contributed by atoms with Crippen LogP contribution in [0.4, 0.5) is 8.78 Å². The third-order valence-corrected chi connectivity index (χ3v) is 2.29. The van der Waals surface area contributed by atoms with E-state index < -0.39 is 17.7 Å². The van der Waals surface area contributed by atoms with Crippen molar-refractivity contribution in [3.05, 3.63) is 59.6 Å². The smallest absolute Gasteiger partial charge is 0.126 e. The number of hydrogen-bond donors (Lipinski definition) is 1. The fraction of sp³-hybridized carbons (Fsp3) is 0.167. The van der Waals surface area contributed by atoms with Gasteiger partial charge in [-0.1, -0.05) is 0 Å². The Bertz CT molecular complexity index is 448. The Hall–Kier alpha value is -1.68. The second kappa shape index (κ2) is 4.45. The Kier molecular flexibility index (Phi) is 3.01. The standard InChI is InChI=1S/C12H11F2NO/c13-9-4-8(5-10(14)7-9)6-11(15)12-2-1-3-16-12/h1-5,7,11H,6,15H2. The lowest BCUT2D eigenvalue weighted by molar-refractivity contribution is 0.463. The first-order valence-electron chi connectivity index (χ1n) is 4.89. The van der Waals surface area contributed by atoms with Gasteiger partial charge in [0, 0.05) is 6.07 Å². The molecule has 0 aliphatic carbocycles. The molecule has 1 aromatic carbocycles. The Morgan fingerprint density at radius 2 is 1.88 bits per heavy atom. The SMILES string of the molecule is NC(Cc1cc(F)cc(F)c1)c1ccco1. The van der Waals surface area contributed by atoms with Gasteiger partial charge in [0.25, 0.3) is 0 Å². The molecule has 16 heavy (non-hydrogen) atoms. The molecule has 2 nitrogen and oxygen atoms in total. The minimum absolute atomic E-state index is 0.336. The molecule has 1 unspecified atom stereocenters. The molecule has 84 valence electrons. The van der Waals surface area contributed by atoms with Gasteiger partial charge in [0.15, 0.2) is 0 Å². The van der Waals surface area contributed by atoms with E-state index in [0.717, 1.165) is 6.07 Å². The first-order valence-corrected chi connectivity index (χ1v) is 4.89. The lowest BCUT2D eigenvalue weighted by atomic mass is 10.0. The molecule has 1 heterocycles. The minimum Gasteiger partial charge on any atom is -0.468 e. The fourth-order valence-corrected chi connectivity index (χ4v) is 1.59. The lowest BCUT2D eigenvalue weighted by Gasteiger charge is -2.08. The van der Waals surface area contributed by atoms with Gasteiger partial charge >= 0.3 is 0 Å². The van der Waals surface area contributed by atoms with E-state index in [-0.39, 0.29) is 0 Å². The molecule has 2 N–H and O–H groups in total. The van der Waals surface area contributed by atoms with Crippen LogP contribution in [0.2, 0.25) is 0 Å². The van der Waals surface area contributed by atoms with Crippen molar-refractivity contribution in [2.45, 2.75) is 12.5 Å². The quantitative estimate of drug-likeness (QED) is 0.868. The van der Waals surface area contributed by atoms with Crippen LogP contribution in [-0.4, -0.2) is 0 Å². The van der Waals surface area contributed by atoms with Crippen molar-refractivity contribution in [3.8, 4) is 0 Å². The number of rotatable bonds is 3. The molecule has 4 heteroatoms. The van der Waals surface area contributed by atoms with Crippen LogP contribution in [0.1, 0.15) is 17.4 Å². The topological polar surface area (TPSA) is 39.2 Å². The summed E-state index contributed by atoms with van der Waals surface area (Å²) in [5.41, 5.74) is 6.35. The van der Waals surface area contributed by atoms with E-state index in [1.54, 1.807) is 12.1 Å². The summed E-state index contributed by atoms with van der Waals surface area (Å²) in [5, 5.41) is 0. The second-order valence-electron chi connectivity index (χ2n) is 3.60. The zero-order valence-corrected chi connectivity index (χ0v) is 8.49. The van der Waals surface area contributed by atoms with Crippen molar-refractivity contribution in [2.24, 2.45) is 5.73 Å². The summed E-state index contributed by atoms with van der Waals surface area (Å²) in [6, 6.07) is 6.44. The normalized spacial score (nSPS) is 12.7. The second-order valence-corrected chi connectivity index (χ2v) is 3.60. The summed E-state index contributed by atoms with van der Waals surface area (Å²) in [6.07, 6.45) is 1.85. The average Bonchev–Trinajstić information content (AvgIpc) is 2.68. The van der Waals surface area contributed by atoms with Gasteiger partial charge in [0.2, 0.25) is 0 Å². The Balaban J connectivity index is 2.15. The summed E-state index contributed by atoms with van der Waals surface area (Å²) in [7, 11) is 0. The van der Waals surface area contributed by atoms with E-state index in [1.807, 2.05) is 0 Å². The highest BCUT2D eigenvalue weighted by Gasteiger charge is 2.11. The van der Waals surface area contributed by atoms with Crippen molar-refractivity contribution in [1.29, 1.82) is 0 Å². The molecule has 0 amide bonds. The van der Waals surface area contributed by atoms with Crippen LogP contribution in [-0.2, 0) is 6.42 Å². The van der Waals surface area contributed by atoms with E-state index in [4.69, 9.17) is 10.2 Å². The molecule has 1 atom stereocenters. The van der Waals surface area contributed by atoms with Gasteiger partial charge in [-0.3, -0.25) is 0 Å². The zero-order chi connectivity index (χ0) is 11.5. The molecule has 0 fully saturated rings. The average molecular weight is 223 g/mol. The molecule has 2 rings (SSSR count). The molecule has 0 aliphatic rings. The monoisotopic (exact) mass is 223 g/mol. The summed E-state index contributed by atoms with van der Waals surface area (Å²) in [4.78, 5) is 0. The Labute approximate surface area is 91.7 Å². The number of halogens is 2. The highest BCUT2D eigenvalue weighted by Crippen LogP contribution is 2.17. The zero-order valence-electron chi connectivity index (χ0n) is 8.49. The van der Waals surface area contributed by atoms with Gasteiger partial charge in [0.1, 0.15) is 17.4 Å². The maximum Gasteiger partial charge on any atom is 0.126 e. The van der Waals surface area contributed by atoms with Gasteiger partial charge in [-0.2, -0.15) is 0 Å². The van der Waals surface area contributed by atoms with Crippen LogP contribution in [0.3, 0.4) is 0 Å². The lowest BCUT2D eigenvalue weighted by Crippen LogP contribution is -2.12. The van der Waals surface area contributed by atoms with Crippen molar-refractivity contribution < 1.29 is 13.2 Å². The van der Waals surface area contributed by atoms with Crippen molar-refractivity contribution in [1.82, 2.24) is 0 Å². The van der Waals surface area contributed by atoms with Crippen LogP contribution in [0.25, 0.3) is 0 Å². The summed E-state index contributed by atoms with van der Waals surface area (Å²) in [6.45, 7) is 0. The molecule has 2 aromatic rings. The highest BCUT2D eigenvalue weighted by molar-refractivity contribution is 5.20. The van der Waals surface area contributed by atoms with E-state index in [0.29, 0.717) is 17.7 Å². The summed E-state index contributed by atoms with van der Waals surface area (Å²) < 4.78 is 30.9. The van der Waals surface area contributed by atoms with Crippen LogP contribution in [0.15, 0.2) is 41.0 Å². The number of nitrogens with two attached hydrogens (primary N) is 1. The third kappa shape index (κ3) is 2.46. The van der Waals surface area contributed by atoms with Crippen molar-refractivity contribution >= 4 is 0 Å². The van der Waals surface area contributed by atoms with Crippen LogP contribution in [0, 0.1) is 11.6 Å². The third-order valence-electron chi connectivity index (χ3n) is 2.29. The first kappa shape index (κ1) is 10.8. The molecular weight excluding hydrogens is 212 g/mol. The molecule has 0 bridgehead atoms. The first-order chi connectivity index (χ1) is 7.65. The van der Waals surface area contributed by atoms with Crippen LogP contribution in [0.5, 0.6) is 0 Å². The molecule has 0 aliphatic heterocycles. The molecular formula is C12H11F2NO. The molecule has 0 spiro atoms. The predicted molar refractivity (Wildman–Crippen MR) is 55.7 cm³/mol. The largest absolute Gasteiger partial charge is 0.468 e. The van der Waals surface area contributed by atoms with Gasteiger partial charge in [-0.15, -0.1) is 0 Å². The van der Waals surface area contributed by atoms with Crippen LogP contribution >= 0.6 is 0 Å². The van der Waals surface area contributed by atoms with Crippen molar-refractivity contribution in [2.75, 3.05) is 0 Å². The maximum atomic E-state index is 12.9. The molecule has 1 aromatic heterocycles. The van der Waals surface area contributed by atoms with Gasteiger partial charge < -0.3 is 10.2 Å². The highest BCUT2D eigenvalue weighted by atomic mass is 19.1. The summed E-state index contributed by atoms with van der Waals surface area (Å²) >= 11 is 0. The molecule has 0 saturated carbocycles. The van der Waals surface area contributed by atoms with Gasteiger partial charge in [-0.25, -0.2) is 8.78 Å². The number of furan rings is 1. The maximum absolute atomic E-state index is 12.9. The fourth-order valence-electron chi connectivity index (χ4n) is 1.59.